The van der Waals surface area contributed by atoms with Gasteiger partial charge in [0.15, 0.2) is 0 Å². The van der Waals surface area contributed by atoms with E-state index in [4.69, 9.17) is 5.73 Å². The number of hydrogen-bond donors (Lipinski definition) is 1. The average Bonchev–Trinajstić information content (AvgIpc) is 2.34. The molecule has 0 amide bonds. The van der Waals surface area contributed by atoms with Gasteiger partial charge >= 0.3 is 0 Å². The van der Waals surface area contributed by atoms with Crippen LogP contribution in [0.3, 0.4) is 0 Å². The normalized spacial score (nSPS) is 12.4. The highest BCUT2D eigenvalue weighted by Gasteiger charge is 2.14. The molecule has 17 heavy (non-hydrogen) atoms. The molecule has 4 nitrogen and oxygen atoms in total. The lowest BCUT2D eigenvalue weighted by molar-refractivity contribution is 0.666. The van der Waals surface area contributed by atoms with Crippen LogP contribution in [0, 0.1) is 6.92 Å². The van der Waals surface area contributed by atoms with E-state index in [1.807, 2.05) is 37.3 Å². The molecule has 4 heteroatoms. The van der Waals surface area contributed by atoms with Crippen molar-refractivity contribution in [1.82, 2.24) is 9.78 Å². The molecule has 2 N–H and O–H groups in total. The molecular weight excluding hydrogens is 214 g/mol. The molecule has 2 rings (SSSR count). The van der Waals surface area contributed by atoms with Gasteiger partial charge < -0.3 is 5.73 Å². The number of nitrogens with zero attached hydrogens (tertiary/aromatic N) is 2. The van der Waals surface area contributed by atoms with E-state index in [9.17, 15) is 4.79 Å². The monoisotopic (exact) mass is 229 g/mol. The van der Waals surface area contributed by atoms with Crippen LogP contribution in [0.4, 0.5) is 0 Å². The molecule has 0 fully saturated rings. The first-order chi connectivity index (χ1) is 8.09. The molecule has 88 valence electrons. The summed E-state index contributed by atoms with van der Waals surface area (Å²) in [5.41, 5.74) is 8.25. The Balaban J connectivity index is 2.52. The Kier molecular flexibility index (Phi) is 3.06. The van der Waals surface area contributed by atoms with Gasteiger partial charge in [0, 0.05) is 12.6 Å². The Morgan fingerprint density at radius 2 is 1.94 bits per heavy atom. The third-order valence-corrected chi connectivity index (χ3v) is 2.71. The zero-order valence-electron chi connectivity index (χ0n) is 9.92. The molecule has 1 heterocycles. The third kappa shape index (κ3) is 2.26. The van der Waals surface area contributed by atoms with E-state index in [0.717, 1.165) is 11.3 Å². The third-order valence-electron chi connectivity index (χ3n) is 2.71. The summed E-state index contributed by atoms with van der Waals surface area (Å²) in [6.07, 6.45) is 0. The Bertz CT molecular complexity index is 575. The molecule has 1 aromatic carbocycles. The minimum Gasteiger partial charge on any atom is -0.320 e. The Hall–Kier alpha value is -1.94. The summed E-state index contributed by atoms with van der Waals surface area (Å²) >= 11 is 0. The molecule has 0 spiro atoms. The van der Waals surface area contributed by atoms with Crippen LogP contribution in [0.15, 0.2) is 41.2 Å². The van der Waals surface area contributed by atoms with Crippen molar-refractivity contribution in [3.63, 3.8) is 0 Å². The summed E-state index contributed by atoms with van der Waals surface area (Å²) in [5, 5.41) is 4.06. The Morgan fingerprint density at radius 1 is 1.29 bits per heavy atom. The van der Waals surface area contributed by atoms with Gasteiger partial charge in [0.05, 0.1) is 11.7 Å². The molecule has 0 aliphatic carbocycles. The van der Waals surface area contributed by atoms with Gasteiger partial charge in [-0.3, -0.25) is 4.79 Å². The van der Waals surface area contributed by atoms with Crippen molar-refractivity contribution in [2.75, 3.05) is 0 Å². The van der Waals surface area contributed by atoms with Crippen molar-refractivity contribution >= 4 is 0 Å². The van der Waals surface area contributed by atoms with Gasteiger partial charge in [-0.05, 0) is 18.6 Å². The highest BCUT2D eigenvalue weighted by Crippen LogP contribution is 2.16. The van der Waals surface area contributed by atoms with Crippen molar-refractivity contribution in [3.8, 4) is 0 Å². The topological polar surface area (TPSA) is 60.9 Å². The maximum atomic E-state index is 12.0. The predicted octanol–water partition coefficient (Wildman–Crippen LogP) is 1.14. The molecule has 1 aromatic heterocycles. The number of aryl methyl sites for hydroxylation is 2. The Labute approximate surface area is 99.7 Å². The second-order valence-electron chi connectivity index (χ2n) is 4.06. The van der Waals surface area contributed by atoms with Crippen LogP contribution >= 0.6 is 0 Å². The summed E-state index contributed by atoms with van der Waals surface area (Å²) in [6.45, 7) is 1.85. The number of benzene rings is 1. The molecule has 0 saturated heterocycles. The molecule has 1 unspecified atom stereocenters. The molecule has 1 atom stereocenters. The Morgan fingerprint density at radius 3 is 2.59 bits per heavy atom. The summed E-state index contributed by atoms with van der Waals surface area (Å²) in [7, 11) is 1.64. The van der Waals surface area contributed by atoms with Crippen LogP contribution in [0.25, 0.3) is 0 Å². The van der Waals surface area contributed by atoms with Gasteiger partial charge in [0.2, 0.25) is 0 Å². The highest BCUT2D eigenvalue weighted by atomic mass is 16.1. The fourth-order valence-electron chi connectivity index (χ4n) is 1.85. The van der Waals surface area contributed by atoms with E-state index in [2.05, 4.69) is 5.10 Å². The first kappa shape index (κ1) is 11.5. The summed E-state index contributed by atoms with van der Waals surface area (Å²) < 4.78 is 1.33. The fraction of sp³-hybridized carbons (Fsp3) is 0.231. The second-order valence-corrected chi connectivity index (χ2v) is 4.06. The average molecular weight is 229 g/mol. The SMILES string of the molecule is Cc1cc(C(N)c2ccccc2)c(=O)n(C)n1. The lowest BCUT2D eigenvalue weighted by atomic mass is 10.0. The van der Waals surface area contributed by atoms with Crippen LogP contribution in [0.5, 0.6) is 0 Å². The first-order valence-electron chi connectivity index (χ1n) is 5.45. The zero-order valence-corrected chi connectivity index (χ0v) is 9.92. The molecular formula is C13H15N3O. The van der Waals surface area contributed by atoms with Crippen LogP contribution in [0.1, 0.15) is 22.9 Å². The van der Waals surface area contributed by atoms with Gasteiger partial charge in [-0.15, -0.1) is 0 Å². The number of rotatable bonds is 2. The molecule has 0 radical (unpaired) electrons. The summed E-state index contributed by atoms with van der Waals surface area (Å²) in [6, 6.07) is 10.9. The second kappa shape index (κ2) is 4.51. The van der Waals surface area contributed by atoms with Gasteiger partial charge in [0.1, 0.15) is 0 Å². The van der Waals surface area contributed by atoms with Gasteiger partial charge in [-0.2, -0.15) is 5.10 Å². The lowest BCUT2D eigenvalue weighted by Gasteiger charge is -2.13. The van der Waals surface area contributed by atoms with Crippen LogP contribution in [-0.2, 0) is 7.05 Å². The van der Waals surface area contributed by atoms with Gasteiger partial charge in [0.25, 0.3) is 5.56 Å². The molecule has 0 aliphatic heterocycles. The first-order valence-corrected chi connectivity index (χ1v) is 5.45. The van der Waals surface area contributed by atoms with Gasteiger partial charge in [-0.25, -0.2) is 4.68 Å². The quantitative estimate of drug-likeness (QED) is 0.840. The van der Waals surface area contributed by atoms with Crippen LogP contribution < -0.4 is 11.3 Å². The van der Waals surface area contributed by atoms with E-state index < -0.39 is 6.04 Å². The molecule has 0 saturated carbocycles. The van der Waals surface area contributed by atoms with Crippen molar-refractivity contribution in [2.24, 2.45) is 12.8 Å². The van der Waals surface area contributed by atoms with Crippen LogP contribution in [0.2, 0.25) is 0 Å². The maximum Gasteiger partial charge on any atom is 0.271 e. The van der Waals surface area contributed by atoms with E-state index in [1.54, 1.807) is 13.1 Å². The smallest absolute Gasteiger partial charge is 0.271 e. The zero-order chi connectivity index (χ0) is 12.4. The molecule has 2 aromatic rings. The maximum absolute atomic E-state index is 12.0. The van der Waals surface area contributed by atoms with Gasteiger partial charge in [-0.1, -0.05) is 30.3 Å². The standard InChI is InChI=1S/C13H15N3O/c1-9-8-11(13(17)16(2)15-9)12(14)10-6-4-3-5-7-10/h3-8,12H,14H2,1-2H3. The predicted molar refractivity (Wildman–Crippen MR) is 66.7 cm³/mol. The van der Waals surface area contributed by atoms with E-state index >= 15 is 0 Å². The summed E-state index contributed by atoms with van der Waals surface area (Å²) in [4.78, 5) is 12.0. The lowest BCUT2D eigenvalue weighted by Crippen LogP contribution is -2.29. The van der Waals surface area contributed by atoms with Crippen molar-refractivity contribution < 1.29 is 0 Å². The molecule has 0 bridgehead atoms. The summed E-state index contributed by atoms with van der Waals surface area (Å²) in [5.74, 6) is 0. The van der Waals surface area contributed by atoms with Crippen molar-refractivity contribution in [1.29, 1.82) is 0 Å². The largest absolute Gasteiger partial charge is 0.320 e. The van der Waals surface area contributed by atoms with Crippen molar-refractivity contribution in [3.05, 3.63) is 63.6 Å². The number of hydrogen-bond acceptors (Lipinski definition) is 3. The number of nitrogens with two attached hydrogens (primary N) is 1. The highest BCUT2D eigenvalue weighted by molar-refractivity contribution is 5.30. The van der Waals surface area contributed by atoms with Crippen LogP contribution in [-0.4, -0.2) is 9.78 Å². The fourth-order valence-corrected chi connectivity index (χ4v) is 1.85. The molecule has 0 aliphatic rings. The minimum atomic E-state index is -0.406. The minimum absolute atomic E-state index is 0.146. The van der Waals surface area contributed by atoms with E-state index in [-0.39, 0.29) is 5.56 Å². The number of aromatic nitrogens is 2. The van der Waals surface area contributed by atoms with E-state index in [1.165, 1.54) is 4.68 Å². The van der Waals surface area contributed by atoms with E-state index in [0.29, 0.717) is 5.56 Å². The van der Waals surface area contributed by atoms with Crippen molar-refractivity contribution in [2.45, 2.75) is 13.0 Å².